The lowest BCUT2D eigenvalue weighted by Crippen LogP contribution is -2.52. The summed E-state index contributed by atoms with van der Waals surface area (Å²) in [5.74, 6) is 0.509. The second-order valence-electron chi connectivity index (χ2n) is 8.59. The van der Waals surface area contributed by atoms with Gasteiger partial charge in [-0.3, -0.25) is 14.6 Å². The van der Waals surface area contributed by atoms with Crippen LogP contribution in [0.3, 0.4) is 0 Å². The molecule has 0 spiro atoms. The van der Waals surface area contributed by atoms with Gasteiger partial charge in [-0.25, -0.2) is 0 Å². The Balaban J connectivity index is 1.25. The monoisotopic (exact) mass is 396 g/mol. The lowest BCUT2D eigenvalue weighted by atomic mass is 9.92. The SMILES string of the molecule is N#Cc1ccc(CN2CCC(N3CCCC(C(=O)N4CCOCC4)C3)CC2)cc1. The van der Waals surface area contributed by atoms with Crippen molar-refractivity contribution in [2.45, 2.75) is 38.3 Å². The fourth-order valence-electron chi connectivity index (χ4n) is 4.97. The fourth-order valence-corrected chi connectivity index (χ4v) is 4.97. The van der Waals surface area contributed by atoms with Crippen LogP contribution in [0.2, 0.25) is 0 Å². The zero-order valence-electron chi connectivity index (χ0n) is 17.3. The Morgan fingerprint density at radius 2 is 1.76 bits per heavy atom. The van der Waals surface area contributed by atoms with Crippen molar-refractivity contribution >= 4 is 5.91 Å². The Hall–Kier alpha value is -1.94. The van der Waals surface area contributed by atoms with Gasteiger partial charge in [-0.05, 0) is 63.0 Å². The van der Waals surface area contributed by atoms with E-state index in [-0.39, 0.29) is 5.92 Å². The Bertz CT molecular complexity index is 715. The van der Waals surface area contributed by atoms with Crippen LogP contribution in [0.25, 0.3) is 0 Å². The first kappa shape index (κ1) is 20.3. The average Bonchev–Trinajstić information content (AvgIpc) is 2.80. The number of carbonyl (C=O) groups is 1. The number of piperidine rings is 2. The first-order valence-corrected chi connectivity index (χ1v) is 11.0. The number of rotatable bonds is 4. The molecule has 1 aromatic carbocycles. The highest BCUT2D eigenvalue weighted by atomic mass is 16.5. The number of amides is 1. The van der Waals surface area contributed by atoms with Gasteiger partial charge in [0.25, 0.3) is 0 Å². The van der Waals surface area contributed by atoms with Crippen molar-refractivity contribution in [2.24, 2.45) is 5.92 Å². The molecule has 6 nitrogen and oxygen atoms in total. The molecular formula is C23H32N4O2. The highest BCUT2D eigenvalue weighted by molar-refractivity contribution is 5.79. The maximum absolute atomic E-state index is 12.9. The lowest BCUT2D eigenvalue weighted by Gasteiger charge is -2.43. The summed E-state index contributed by atoms with van der Waals surface area (Å²) in [6.45, 7) is 8.08. The lowest BCUT2D eigenvalue weighted by molar-refractivity contribution is -0.142. The van der Waals surface area contributed by atoms with Crippen LogP contribution in [0.1, 0.15) is 36.8 Å². The van der Waals surface area contributed by atoms with Crippen LogP contribution >= 0.6 is 0 Å². The van der Waals surface area contributed by atoms with Gasteiger partial charge in [0.2, 0.25) is 5.91 Å². The first-order valence-electron chi connectivity index (χ1n) is 11.0. The minimum absolute atomic E-state index is 0.165. The molecule has 4 rings (SSSR count). The van der Waals surface area contributed by atoms with Crippen molar-refractivity contribution < 1.29 is 9.53 Å². The summed E-state index contributed by atoms with van der Waals surface area (Å²) < 4.78 is 5.39. The quantitative estimate of drug-likeness (QED) is 0.780. The largest absolute Gasteiger partial charge is 0.378 e. The van der Waals surface area contributed by atoms with E-state index in [1.165, 1.54) is 18.4 Å². The molecule has 29 heavy (non-hydrogen) atoms. The predicted molar refractivity (Wildman–Crippen MR) is 111 cm³/mol. The first-order chi connectivity index (χ1) is 14.2. The molecule has 0 N–H and O–H groups in total. The molecule has 0 saturated carbocycles. The summed E-state index contributed by atoms with van der Waals surface area (Å²) in [5.41, 5.74) is 2.00. The minimum Gasteiger partial charge on any atom is -0.378 e. The van der Waals surface area contributed by atoms with Gasteiger partial charge >= 0.3 is 0 Å². The van der Waals surface area contributed by atoms with Gasteiger partial charge in [-0.15, -0.1) is 0 Å². The van der Waals surface area contributed by atoms with Crippen LogP contribution in [0.4, 0.5) is 0 Å². The van der Waals surface area contributed by atoms with Crippen LogP contribution < -0.4 is 0 Å². The van der Waals surface area contributed by atoms with Crippen molar-refractivity contribution in [3.8, 4) is 6.07 Å². The standard InChI is InChI=1S/C23H32N4O2/c24-16-19-3-5-20(6-4-19)17-25-10-7-22(8-11-25)27-9-1-2-21(18-27)23(28)26-12-14-29-15-13-26/h3-6,21-22H,1-2,7-15,17-18H2. The molecule has 1 unspecified atom stereocenters. The summed E-state index contributed by atoms with van der Waals surface area (Å²) in [4.78, 5) is 20.0. The third-order valence-corrected chi connectivity index (χ3v) is 6.69. The number of likely N-dealkylation sites (tertiary alicyclic amines) is 2. The van der Waals surface area contributed by atoms with E-state index in [0.29, 0.717) is 25.2 Å². The van der Waals surface area contributed by atoms with Gasteiger partial charge in [0.05, 0.1) is 30.8 Å². The molecule has 6 heteroatoms. The molecule has 0 aromatic heterocycles. The van der Waals surface area contributed by atoms with E-state index >= 15 is 0 Å². The average molecular weight is 397 g/mol. The van der Waals surface area contributed by atoms with Crippen molar-refractivity contribution in [3.05, 3.63) is 35.4 Å². The van der Waals surface area contributed by atoms with Crippen LogP contribution in [-0.4, -0.2) is 79.1 Å². The fraction of sp³-hybridized carbons (Fsp3) is 0.652. The van der Waals surface area contributed by atoms with Crippen LogP contribution in [0.5, 0.6) is 0 Å². The van der Waals surface area contributed by atoms with E-state index in [1.54, 1.807) is 0 Å². The van der Waals surface area contributed by atoms with Crippen LogP contribution in [-0.2, 0) is 16.1 Å². The smallest absolute Gasteiger partial charge is 0.227 e. The van der Waals surface area contributed by atoms with E-state index in [2.05, 4.69) is 28.0 Å². The normalized spacial score (nSPS) is 24.9. The molecule has 1 amide bonds. The summed E-state index contributed by atoms with van der Waals surface area (Å²) >= 11 is 0. The summed E-state index contributed by atoms with van der Waals surface area (Å²) in [6, 6.07) is 10.7. The zero-order chi connectivity index (χ0) is 20.1. The van der Waals surface area contributed by atoms with E-state index in [9.17, 15) is 4.79 Å². The van der Waals surface area contributed by atoms with Crippen LogP contribution in [0.15, 0.2) is 24.3 Å². The van der Waals surface area contributed by atoms with E-state index in [1.807, 2.05) is 17.0 Å². The highest BCUT2D eigenvalue weighted by Gasteiger charge is 2.33. The van der Waals surface area contributed by atoms with Gasteiger partial charge in [0.1, 0.15) is 0 Å². The molecule has 0 bridgehead atoms. The number of ether oxygens (including phenoxy) is 1. The third kappa shape index (κ3) is 5.16. The van der Waals surface area contributed by atoms with Gasteiger partial charge in [-0.1, -0.05) is 12.1 Å². The van der Waals surface area contributed by atoms with Crippen molar-refractivity contribution in [1.82, 2.24) is 14.7 Å². The molecular weight excluding hydrogens is 364 g/mol. The van der Waals surface area contributed by atoms with Crippen molar-refractivity contribution in [1.29, 1.82) is 5.26 Å². The summed E-state index contributed by atoms with van der Waals surface area (Å²) in [5, 5.41) is 8.94. The molecule has 3 heterocycles. The maximum atomic E-state index is 12.9. The second-order valence-corrected chi connectivity index (χ2v) is 8.59. The number of hydrogen-bond acceptors (Lipinski definition) is 5. The molecule has 0 aliphatic carbocycles. The number of nitrogens with zero attached hydrogens (tertiary/aromatic N) is 4. The Morgan fingerprint density at radius 1 is 1.03 bits per heavy atom. The number of morpholine rings is 1. The molecule has 3 aliphatic rings. The molecule has 156 valence electrons. The third-order valence-electron chi connectivity index (χ3n) is 6.69. The second kappa shape index (κ2) is 9.71. The number of carbonyl (C=O) groups excluding carboxylic acids is 1. The Morgan fingerprint density at radius 3 is 2.45 bits per heavy atom. The van der Waals surface area contributed by atoms with Gasteiger partial charge < -0.3 is 9.64 Å². The molecule has 3 saturated heterocycles. The molecule has 1 atom stereocenters. The molecule has 1 aromatic rings. The van der Waals surface area contributed by atoms with E-state index in [4.69, 9.17) is 10.00 Å². The number of hydrogen-bond donors (Lipinski definition) is 0. The topological polar surface area (TPSA) is 59.8 Å². The maximum Gasteiger partial charge on any atom is 0.227 e. The van der Waals surface area contributed by atoms with Crippen molar-refractivity contribution in [3.63, 3.8) is 0 Å². The molecule has 3 aliphatic heterocycles. The summed E-state index contributed by atoms with van der Waals surface area (Å²) in [7, 11) is 0. The Labute approximate surface area is 174 Å². The van der Waals surface area contributed by atoms with Gasteiger partial charge in [-0.2, -0.15) is 5.26 Å². The summed E-state index contributed by atoms with van der Waals surface area (Å²) in [6.07, 6.45) is 4.51. The van der Waals surface area contributed by atoms with Gasteiger partial charge in [0, 0.05) is 32.2 Å². The number of nitriles is 1. The molecule has 0 radical (unpaired) electrons. The van der Waals surface area contributed by atoms with E-state index in [0.717, 1.165) is 64.2 Å². The minimum atomic E-state index is 0.165. The van der Waals surface area contributed by atoms with Crippen LogP contribution in [0, 0.1) is 17.2 Å². The zero-order valence-corrected chi connectivity index (χ0v) is 17.3. The number of benzene rings is 1. The van der Waals surface area contributed by atoms with Crippen molar-refractivity contribution in [2.75, 3.05) is 52.5 Å². The molecule has 3 fully saturated rings. The van der Waals surface area contributed by atoms with E-state index < -0.39 is 0 Å². The highest BCUT2D eigenvalue weighted by Crippen LogP contribution is 2.26. The Kier molecular flexibility index (Phi) is 6.81. The van der Waals surface area contributed by atoms with Gasteiger partial charge in [0.15, 0.2) is 0 Å². The predicted octanol–water partition coefficient (Wildman–Crippen LogP) is 2.09.